The highest BCUT2D eigenvalue weighted by molar-refractivity contribution is 9.10. The van der Waals surface area contributed by atoms with Crippen molar-refractivity contribution >= 4 is 15.9 Å². The minimum absolute atomic E-state index is 0.244. The van der Waals surface area contributed by atoms with Crippen LogP contribution in [0.25, 0.3) is 11.3 Å². The van der Waals surface area contributed by atoms with Crippen molar-refractivity contribution in [3.63, 3.8) is 0 Å². The van der Waals surface area contributed by atoms with Crippen molar-refractivity contribution in [2.45, 2.75) is 6.92 Å². The van der Waals surface area contributed by atoms with E-state index in [9.17, 15) is 0 Å². The van der Waals surface area contributed by atoms with Gasteiger partial charge >= 0.3 is 0 Å². The summed E-state index contributed by atoms with van der Waals surface area (Å²) < 4.78 is 10.9. The van der Waals surface area contributed by atoms with Crippen LogP contribution in [0.4, 0.5) is 0 Å². The van der Waals surface area contributed by atoms with Crippen molar-refractivity contribution in [2.75, 3.05) is 7.11 Å². The van der Waals surface area contributed by atoms with Crippen LogP contribution in [0.15, 0.2) is 27.2 Å². The van der Waals surface area contributed by atoms with Crippen LogP contribution in [0.3, 0.4) is 0 Å². The number of hydrogen-bond donors (Lipinski definition) is 0. The van der Waals surface area contributed by atoms with E-state index in [4.69, 9.17) is 14.5 Å². The first-order chi connectivity index (χ1) is 8.17. The summed E-state index contributed by atoms with van der Waals surface area (Å²) in [6.45, 7) is 1.94. The number of methoxy groups -OCH3 is 1. The van der Waals surface area contributed by atoms with E-state index < -0.39 is 0 Å². The number of rotatable bonds is 2. The standard InChI is InChI=1S/C12H9BrN2O2/c1-7-5-8(3-4-10(7)16-2)12-11(13)9(6-14)15-17-12/h3-5H,1-2H3. The lowest BCUT2D eigenvalue weighted by Crippen LogP contribution is -1.87. The highest BCUT2D eigenvalue weighted by Gasteiger charge is 2.15. The van der Waals surface area contributed by atoms with E-state index in [1.807, 2.05) is 31.2 Å². The molecule has 0 amide bonds. The zero-order valence-electron chi connectivity index (χ0n) is 9.32. The first-order valence-electron chi connectivity index (χ1n) is 4.87. The molecule has 0 aliphatic carbocycles. The molecule has 17 heavy (non-hydrogen) atoms. The van der Waals surface area contributed by atoms with E-state index in [1.54, 1.807) is 7.11 Å². The number of aromatic nitrogens is 1. The van der Waals surface area contributed by atoms with Crippen LogP contribution in [0.2, 0.25) is 0 Å². The van der Waals surface area contributed by atoms with Crippen molar-refractivity contribution in [3.8, 4) is 23.1 Å². The number of halogens is 1. The Balaban J connectivity index is 2.51. The number of nitrogens with zero attached hydrogens (tertiary/aromatic N) is 2. The van der Waals surface area contributed by atoms with E-state index in [1.165, 1.54) is 0 Å². The Bertz CT molecular complexity index is 599. The van der Waals surface area contributed by atoms with Gasteiger partial charge in [-0.2, -0.15) is 5.26 Å². The molecule has 4 nitrogen and oxygen atoms in total. The summed E-state index contributed by atoms with van der Waals surface area (Å²) in [7, 11) is 1.63. The second-order valence-electron chi connectivity index (χ2n) is 3.47. The van der Waals surface area contributed by atoms with E-state index in [0.717, 1.165) is 16.9 Å². The van der Waals surface area contributed by atoms with Gasteiger partial charge in [0.1, 0.15) is 16.3 Å². The van der Waals surface area contributed by atoms with E-state index >= 15 is 0 Å². The molecule has 1 aromatic heterocycles. The Hall–Kier alpha value is -1.80. The average molecular weight is 293 g/mol. The van der Waals surface area contributed by atoms with Gasteiger partial charge in [0.25, 0.3) is 0 Å². The molecule has 1 heterocycles. The van der Waals surface area contributed by atoms with Crippen molar-refractivity contribution < 1.29 is 9.26 Å². The van der Waals surface area contributed by atoms with Gasteiger partial charge in [0.05, 0.1) is 7.11 Å². The maximum absolute atomic E-state index is 8.79. The second-order valence-corrected chi connectivity index (χ2v) is 4.26. The normalized spacial score (nSPS) is 10.0. The molecular formula is C12H9BrN2O2. The smallest absolute Gasteiger partial charge is 0.198 e. The summed E-state index contributed by atoms with van der Waals surface area (Å²) in [6, 6.07) is 7.58. The average Bonchev–Trinajstić information content (AvgIpc) is 2.70. The molecule has 2 rings (SSSR count). The number of ether oxygens (including phenoxy) is 1. The monoisotopic (exact) mass is 292 g/mol. The molecule has 0 aliphatic rings. The van der Waals surface area contributed by atoms with E-state index in [0.29, 0.717) is 10.2 Å². The third-order valence-electron chi connectivity index (χ3n) is 2.40. The second kappa shape index (κ2) is 4.60. The summed E-state index contributed by atoms with van der Waals surface area (Å²) >= 11 is 3.30. The number of benzene rings is 1. The molecule has 86 valence electrons. The van der Waals surface area contributed by atoms with Gasteiger partial charge in [-0.15, -0.1) is 0 Å². The van der Waals surface area contributed by atoms with Gasteiger partial charge in [-0.25, -0.2) is 0 Å². The molecule has 0 aliphatic heterocycles. The van der Waals surface area contributed by atoms with Gasteiger partial charge in [-0.1, -0.05) is 5.16 Å². The molecule has 0 bridgehead atoms. The van der Waals surface area contributed by atoms with Gasteiger partial charge in [-0.05, 0) is 46.6 Å². The quantitative estimate of drug-likeness (QED) is 0.852. The molecule has 0 fully saturated rings. The summed E-state index contributed by atoms with van der Waals surface area (Å²) in [5.41, 5.74) is 2.09. The SMILES string of the molecule is COc1ccc(-c2onc(C#N)c2Br)cc1C. The van der Waals surface area contributed by atoms with Crippen LogP contribution in [-0.2, 0) is 0 Å². The molecule has 0 spiro atoms. The lowest BCUT2D eigenvalue weighted by atomic mass is 10.1. The Morgan fingerprint density at radius 3 is 2.76 bits per heavy atom. The largest absolute Gasteiger partial charge is 0.496 e. The molecule has 0 radical (unpaired) electrons. The molecule has 0 atom stereocenters. The molecule has 5 heteroatoms. The number of aryl methyl sites for hydroxylation is 1. The Kier molecular flexibility index (Phi) is 3.16. The van der Waals surface area contributed by atoms with Crippen LogP contribution < -0.4 is 4.74 Å². The fraction of sp³-hybridized carbons (Fsp3) is 0.167. The molecule has 0 unspecified atom stereocenters. The van der Waals surface area contributed by atoms with Gasteiger partial charge in [0.2, 0.25) is 0 Å². The Morgan fingerprint density at radius 2 is 2.24 bits per heavy atom. The van der Waals surface area contributed by atoms with Crippen LogP contribution in [0.1, 0.15) is 11.3 Å². The van der Waals surface area contributed by atoms with Crippen molar-refractivity contribution in [2.24, 2.45) is 0 Å². The summed E-state index contributed by atoms with van der Waals surface area (Å²) in [5.74, 6) is 1.36. The summed E-state index contributed by atoms with van der Waals surface area (Å²) in [4.78, 5) is 0. The molecule has 0 saturated heterocycles. The minimum atomic E-state index is 0.244. The number of hydrogen-bond acceptors (Lipinski definition) is 4. The fourth-order valence-corrected chi connectivity index (χ4v) is 2.01. The van der Waals surface area contributed by atoms with Gasteiger partial charge in [0.15, 0.2) is 11.5 Å². The lowest BCUT2D eigenvalue weighted by molar-refractivity contribution is 0.411. The topological polar surface area (TPSA) is 59.1 Å². The summed E-state index contributed by atoms with van der Waals surface area (Å²) in [6.07, 6.45) is 0. The predicted molar refractivity (Wildman–Crippen MR) is 65.6 cm³/mol. The van der Waals surface area contributed by atoms with Crippen LogP contribution in [0, 0.1) is 18.3 Å². The van der Waals surface area contributed by atoms with E-state index in [2.05, 4.69) is 21.1 Å². The summed E-state index contributed by atoms with van der Waals surface area (Å²) in [5, 5.41) is 12.5. The zero-order chi connectivity index (χ0) is 12.4. The van der Waals surface area contributed by atoms with Crippen molar-refractivity contribution in [3.05, 3.63) is 33.9 Å². The Morgan fingerprint density at radius 1 is 1.47 bits per heavy atom. The number of nitriles is 1. The molecule has 2 aromatic rings. The highest BCUT2D eigenvalue weighted by atomic mass is 79.9. The van der Waals surface area contributed by atoms with Crippen LogP contribution in [-0.4, -0.2) is 12.3 Å². The molecule has 1 aromatic carbocycles. The predicted octanol–water partition coefficient (Wildman–Crippen LogP) is 3.29. The maximum Gasteiger partial charge on any atom is 0.198 e. The van der Waals surface area contributed by atoms with Crippen molar-refractivity contribution in [1.82, 2.24) is 5.16 Å². The zero-order valence-corrected chi connectivity index (χ0v) is 10.9. The van der Waals surface area contributed by atoms with Crippen LogP contribution >= 0.6 is 15.9 Å². The van der Waals surface area contributed by atoms with Gasteiger partial charge in [-0.3, -0.25) is 0 Å². The van der Waals surface area contributed by atoms with Gasteiger partial charge in [0, 0.05) is 5.56 Å². The Labute approximate surface area is 107 Å². The molecule has 0 saturated carbocycles. The maximum atomic E-state index is 8.79. The lowest BCUT2D eigenvalue weighted by Gasteiger charge is -2.05. The van der Waals surface area contributed by atoms with Gasteiger partial charge < -0.3 is 9.26 Å². The minimum Gasteiger partial charge on any atom is -0.496 e. The fourth-order valence-electron chi connectivity index (χ4n) is 1.55. The highest BCUT2D eigenvalue weighted by Crippen LogP contribution is 2.33. The first-order valence-corrected chi connectivity index (χ1v) is 5.67. The molecule has 0 N–H and O–H groups in total. The third kappa shape index (κ3) is 2.04. The third-order valence-corrected chi connectivity index (χ3v) is 3.13. The van der Waals surface area contributed by atoms with E-state index in [-0.39, 0.29) is 5.69 Å². The van der Waals surface area contributed by atoms with Crippen molar-refractivity contribution in [1.29, 1.82) is 5.26 Å². The first kappa shape index (κ1) is 11.7. The molecular weight excluding hydrogens is 284 g/mol. The van der Waals surface area contributed by atoms with Crippen LogP contribution in [0.5, 0.6) is 5.75 Å².